The van der Waals surface area contributed by atoms with Crippen LogP contribution in [-0.2, 0) is 14.3 Å². The third-order valence-electron chi connectivity index (χ3n) is 17.2. The number of hydrogen-bond donors (Lipinski definition) is 3. The number of hydrogen-bond acceptors (Lipinski definition) is 5. The van der Waals surface area contributed by atoms with Crippen LogP contribution in [0.4, 0.5) is 0 Å². The zero-order valence-corrected chi connectivity index (χ0v) is 54.3. The first-order valence-electron chi connectivity index (χ1n) is 36.6. The Morgan fingerprint density at radius 2 is 0.588 bits per heavy atom. The van der Waals surface area contributed by atoms with Gasteiger partial charge in [-0.1, -0.05) is 346 Å². The highest BCUT2D eigenvalue weighted by Crippen LogP contribution is 2.19. The molecular weight excluding hydrogens is 983 g/mol. The van der Waals surface area contributed by atoms with Gasteiger partial charge in [-0.05, 0) is 77.0 Å². The third kappa shape index (κ3) is 65.5. The van der Waals surface area contributed by atoms with E-state index in [-0.39, 0.29) is 18.5 Å². The molecule has 474 valence electrons. The van der Waals surface area contributed by atoms with E-state index in [0.29, 0.717) is 25.9 Å². The Labute approximate surface area is 501 Å². The lowest BCUT2D eigenvalue weighted by Crippen LogP contribution is -2.45. The van der Waals surface area contributed by atoms with Gasteiger partial charge in [0.25, 0.3) is 0 Å². The van der Waals surface area contributed by atoms with E-state index in [0.717, 1.165) is 44.9 Å². The lowest BCUT2D eigenvalue weighted by Gasteiger charge is -2.22. The minimum Gasteiger partial charge on any atom is -0.466 e. The van der Waals surface area contributed by atoms with Crippen LogP contribution in [0, 0.1) is 0 Å². The van der Waals surface area contributed by atoms with Crippen LogP contribution in [0.3, 0.4) is 0 Å². The Hall–Kier alpha value is -1.66. The summed E-state index contributed by atoms with van der Waals surface area (Å²) in [5.41, 5.74) is 0. The Morgan fingerprint density at radius 3 is 0.912 bits per heavy atom. The molecule has 80 heavy (non-hydrogen) atoms. The van der Waals surface area contributed by atoms with Crippen molar-refractivity contribution in [3.05, 3.63) is 24.3 Å². The second kappa shape index (κ2) is 69.8. The summed E-state index contributed by atoms with van der Waals surface area (Å²) in [4.78, 5) is 24.5. The number of unbranched alkanes of at least 4 members (excludes halogenated alkanes) is 54. The molecule has 0 rings (SSSR count). The van der Waals surface area contributed by atoms with Gasteiger partial charge in [0.05, 0.1) is 25.4 Å². The van der Waals surface area contributed by atoms with Gasteiger partial charge in [0.15, 0.2) is 0 Å². The molecule has 0 fully saturated rings. The molecule has 0 radical (unpaired) electrons. The van der Waals surface area contributed by atoms with Gasteiger partial charge >= 0.3 is 5.97 Å². The molecule has 2 unspecified atom stereocenters. The molecule has 0 aliphatic carbocycles. The van der Waals surface area contributed by atoms with E-state index in [2.05, 4.69) is 43.5 Å². The maximum atomic E-state index is 12.5. The first-order chi connectivity index (χ1) is 39.5. The van der Waals surface area contributed by atoms with Crippen molar-refractivity contribution in [3.63, 3.8) is 0 Å². The summed E-state index contributed by atoms with van der Waals surface area (Å²) in [6.07, 6.45) is 88.3. The molecular formula is C74H143NO5. The van der Waals surface area contributed by atoms with Crippen molar-refractivity contribution < 1.29 is 24.5 Å². The predicted octanol–water partition coefficient (Wildman–Crippen LogP) is 23.7. The molecule has 0 saturated carbocycles. The summed E-state index contributed by atoms with van der Waals surface area (Å²) in [7, 11) is 0. The molecule has 3 N–H and O–H groups in total. The number of carbonyl (C=O) groups excluding carboxylic acids is 2. The van der Waals surface area contributed by atoms with Crippen LogP contribution in [0.5, 0.6) is 0 Å². The van der Waals surface area contributed by atoms with Crippen molar-refractivity contribution in [3.8, 4) is 0 Å². The topological polar surface area (TPSA) is 95.9 Å². The molecule has 0 saturated heterocycles. The molecule has 0 heterocycles. The summed E-state index contributed by atoms with van der Waals surface area (Å²) < 4.78 is 5.48. The summed E-state index contributed by atoms with van der Waals surface area (Å²) in [5, 5.41) is 23.3. The number of ether oxygens (including phenoxy) is 1. The van der Waals surface area contributed by atoms with Gasteiger partial charge in [0, 0.05) is 12.8 Å². The fourth-order valence-corrected chi connectivity index (χ4v) is 11.6. The minimum absolute atomic E-state index is 0.0118. The van der Waals surface area contributed by atoms with Crippen LogP contribution in [-0.4, -0.2) is 47.4 Å². The molecule has 0 aliphatic rings. The Bertz CT molecular complexity index is 1250. The molecule has 2 atom stereocenters. The molecule has 6 nitrogen and oxygen atoms in total. The maximum Gasteiger partial charge on any atom is 0.305 e. The highest BCUT2D eigenvalue weighted by molar-refractivity contribution is 5.76. The molecule has 0 bridgehead atoms. The van der Waals surface area contributed by atoms with E-state index in [4.69, 9.17) is 4.74 Å². The van der Waals surface area contributed by atoms with E-state index in [1.165, 1.54) is 334 Å². The molecule has 0 spiro atoms. The Kier molecular flexibility index (Phi) is 68.4. The smallest absolute Gasteiger partial charge is 0.305 e. The normalized spacial score (nSPS) is 12.6. The number of esters is 1. The highest BCUT2D eigenvalue weighted by atomic mass is 16.5. The average molecular weight is 1130 g/mol. The second-order valence-electron chi connectivity index (χ2n) is 25.3. The molecule has 0 aromatic rings. The maximum absolute atomic E-state index is 12.5. The van der Waals surface area contributed by atoms with E-state index >= 15 is 0 Å². The van der Waals surface area contributed by atoms with Crippen molar-refractivity contribution in [1.29, 1.82) is 0 Å². The van der Waals surface area contributed by atoms with Gasteiger partial charge in [-0.15, -0.1) is 0 Å². The van der Waals surface area contributed by atoms with Gasteiger partial charge in [-0.2, -0.15) is 0 Å². The van der Waals surface area contributed by atoms with Crippen LogP contribution in [0.25, 0.3) is 0 Å². The van der Waals surface area contributed by atoms with Crippen LogP contribution in [0.1, 0.15) is 412 Å². The quantitative estimate of drug-likeness (QED) is 0.0320. The van der Waals surface area contributed by atoms with Crippen LogP contribution in [0.2, 0.25) is 0 Å². The van der Waals surface area contributed by atoms with E-state index < -0.39 is 12.1 Å². The van der Waals surface area contributed by atoms with E-state index in [1.54, 1.807) is 0 Å². The van der Waals surface area contributed by atoms with Gasteiger partial charge in [0.1, 0.15) is 0 Å². The monoisotopic (exact) mass is 1130 g/mol. The number of nitrogens with one attached hydrogen (secondary N) is 1. The fourth-order valence-electron chi connectivity index (χ4n) is 11.6. The van der Waals surface area contributed by atoms with Crippen molar-refractivity contribution in [1.82, 2.24) is 5.32 Å². The zero-order chi connectivity index (χ0) is 57.8. The lowest BCUT2D eigenvalue weighted by atomic mass is 10.0. The average Bonchev–Trinajstić information content (AvgIpc) is 3.46. The van der Waals surface area contributed by atoms with Crippen molar-refractivity contribution in [2.45, 2.75) is 424 Å². The number of amides is 1. The van der Waals surface area contributed by atoms with Crippen LogP contribution in [0.15, 0.2) is 24.3 Å². The van der Waals surface area contributed by atoms with Crippen molar-refractivity contribution >= 4 is 11.9 Å². The number of aliphatic hydroxyl groups is 2. The van der Waals surface area contributed by atoms with Crippen molar-refractivity contribution in [2.75, 3.05) is 13.2 Å². The van der Waals surface area contributed by atoms with Gasteiger partial charge in [-0.3, -0.25) is 9.59 Å². The third-order valence-corrected chi connectivity index (χ3v) is 17.2. The standard InChI is InChI=1S/C74H143NO5/c1-3-5-7-9-11-13-15-17-43-46-50-54-58-62-66-72(77)71(70-76)75-73(78)67-63-59-55-51-47-44-41-39-37-35-33-31-29-27-25-23-21-19-18-20-22-24-26-28-30-32-34-36-38-40-42-45-49-53-57-61-65-69-80-74(79)68-64-60-56-52-48-16-14-12-10-8-6-4-2/h12,14,18,20,71-72,76-77H,3-11,13,15-17,19,21-70H2,1-2H3,(H,75,78)/b14-12-,20-18-. The first-order valence-corrected chi connectivity index (χ1v) is 36.6. The second-order valence-corrected chi connectivity index (χ2v) is 25.3. The SMILES string of the molecule is CCCCC/C=C\CCCCCCCC(=O)OCCCCCCCCCCCCCCCCCC/C=C\CCCCCCCCCCCCCCCCCCCC(=O)NC(CO)C(O)CCCCCCCCCCCCCCCC. The minimum atomic E-state index is -0.660. The van der Waals surface area contributed by atoms with Gasteiger partial charge < -0.3 is 20.3 Å². The predicted molar refractivity (Wildman–Crippen MR) is 352 cm³/mol. The lowest BCUT2D eigenvalue weighted by molar-refractivity contribution is -0.143. The largest absolute Gasteiger partial charge is 0.466 e. The molecule has 0 aliphatic heterocycles. The number of rotatable bonds is 69. The van der Waals surface area contributed by atoms with Gasteiger partial charge in [0.2, 0.25) is 5.91 Å². The molecule has 1 amide bonds. The molecule has 0 aromatic carbocycles. The number of carbonyl (C=O) groups is 2. The van der Waals surface area contributed by atoms with Crippen molar-refractivity contribution in [2.24, 2.45) is 0 Å². The summed E-state index contributed by atoms with van der Waals surface area (Å²) in [6.45, 7) is 4.96. The summed E-state index contributed by atoms with van der Waals surface area (Å²) >= 11 is 0. The highest BCUT2D eigenvalue weighted by Gasteiger charge is 2.20. The van der Waals surface area contributed by atoms with Crippen LogP contribution >= 0.6 is 0 Å². The zero-order valence-electron chi connectivity index (χ0n) is 54.3. The van der Waals surface area contributed by atoms with E-state index in [9.17, 15) is 19.8 Å². The summed E-state index contributed by atoms with van der Waals surface area (Å²) in [5.74, 6) is -0.0164. The van der Waals surface area contributed by atoms with E-state index in [1.807, 2.05) is 0 Å². The Morgan fingerprint density at radius 1 is 0.338 bits per heavy atom. The number of aliphatic hydroxyl groups excluding tert-OH is 2. The Balaban J connectivity index is 3.32. The van der Waals surface area contributed by atoms with Crippen LogP contribution < -0.4 is 5.32 Å². The fraction of sp³-hybridized carbons (Fsp3) is 0.919. The number of allylic oxidation sites excluding steroid dienone is 4. The molecule has 0 aromatic heterocycles. The molecule has 6 heteroatoms. The first kappa shape index (κ1) is 78.3. The van der Waals surface area contributed by atoms with Gasteiger partial charge in [-0.25, -0.2) is 0 Å². The summed E-state index contributed by atoms with van der Waals surface area (Å²) in [6, 6.07) is -0.537.